The smallest absolute Gasteiger partial charge is 0.198 e. The van der Waals surface area contributed by atoms with Crippen LogP contribution in [0, 0.1) is 0 Å². The molecule has 2 atom stereocenters. The molecule has 2 aliphatic rings. The van der Waals surface area contributed by atoms with Crippen LogP contribution in [0.15, 0.2) is 10.6 Å². The van der Waals surface area contributed by atoms with Crippen molar-refractivity contribution >= 4 is 11.8 Å². The van der Waals surface area contributed by atoms with Crippen molar-refractivity contribution in [3.8, 4) is 0 Å². The second-order valence-corrected chi connectivity index (χ2v) is 5.85. The van der Waals surface area contributed by atoms with E-state index >= 15 is 0 Å². The number of hydrogen-bond donors (Lipinski definition) is 1. The molecule has 0 bridgehead atoms. The monoisotopic (exact) mass is 238 g/mol. The zero-order chi connectivity index (χ0) is 10.8. The molecule has 0 aliphatic carbocycles. The molecule has 1 N–H and O–H groups in total. The minimum atomic E-state index is 0.497. The first-order valence-electron chi connectivity index (χ1n) is 6.17. The summed E-state index contributed by atoms with van der Waals surface area (Å²) in [7, 11) is 0. The molecule has 2 aliphatic heterocycles. The number of aromatic nitrogens is 1. The van der Waals surface area contributed by atoms with Gasteiger partial charge in [-0.25, -0.2) is 4.98 Å². The number of nitrogens with zero attached hydrogens (tertiary/aromatic N) is 1. The van der Waals surface area contributed by atoms with Crippen LogP contribution in [-0.2, 0) is 0 Å². The van der Waals surface area contributed by atoms with E-state index in [1.54, 1.807) is 0 Å². The van der Waals surface area contributed by atoms with Gasteiger partial charge in [0.1, 0.15) is 5.76 Å². The Morgan fingerprint density at radius 3 is 3.12 bits per heavy atom. The van der Waals surface area contributed by atoms with Crippen LogP contribution in [0.1, 0.15) is 42.7 Å². The van der Waals surface area contributed by atoms with Crippen molar-refractivity contribution in [1.82, 2.24) is 10.3 Å². The van der Waals surface area contributed by atoms with Crippen LogP contribution in [0.5, 0.6) is 0 Å². The second-order valence-electron chi connectivity index (χ2n) is 4.70. The number of hydrogen-bond acceptors (Lipinski definition) is 4. The van der Waals surface area contributed by atoms with E-state index in [4.69, 9.17) is 4.42 Å². The van der Waals surface area contributed by atoms with Gasteiger partial charge in [-0.05, 0) is 31.6 Å². The van der Waals surface area contributed by atoms with E-state index in [2.05, 4.69) is 10.3 Å². The van der Waals surface area contributed by atoms with E-state index in [9.17, 15) is 0 Å². The van der Waals surface area contributed by atoms with Gasteiger partial charge in [0.2, 0.25) is 0 Å². The molecule has 0 spiro atoms. The van der Waals surface area contributed by atoms with E-state index in [1.165, 1.54) is 30.8 Å². The van der Waals surface area contributed by atoms with Crippen LogP contribution >= 0.6 is 11.8 Å². The first-order valence-corrected chi connectivity index (χ1v) is 7.33. The number of oxazole rings is 1. The molecule has 1 aromatic heterocycles. The van der Waals surface area contributed by atoms with E-state index in [0.717, 1.165) is 24.7 Å². The number of nitrogens with one attached hydrogen (secondary N) is 1. The van der Waals surface area contributed by atoms with Gasteiger partial charge in [-0.2, -0.15) is 11.8 Å². The van der Waals surface area contributed by atoms with E-state index in [0.29, 0.717) is 11.8 Å². The molecule has 0 saturated carbocycles. The van der Waals surface area contributed by atoms with Crippen LogP contribution in [0.2, 0.25) is 0 Å². The third-order valence-electron chi connectivity index (χ3n) is 3.52. The summed E-state index contributed by atoms with van der Waals surface area (Å²) >= 11 is 2.02. The molecule has 16 heavy (non-hydrogen) atoms. The Bertz CT molecular complexity index is 341. The first kappa shape index (κ1) is 10.7. The van der Waals surface area contributed by atoms with Crippen molar-refractivity contribution < 1.29 is 4.42 Å². The molecular formula is C12H18N2OS. The summed E-state index contributed by atoms with van der Waals surface area (Å²) in [5.74, 6) is 5.66. The summed E-state index contributed by atoms with van der Waals surface area (Å²) in [6.07, 6.45) is 5.66. The highest BCUT2D eigenvalue weighted by atomic mass is 32.2. The molecule has 2 saturated heterocycles. The summed E-state index contributed by atoms with van der Waals surface area (Å²) in [5.41, 5.74) is 0. The lowest BCUT2D eigenvalue weighted by Crippen LogP contribution is -2.28. The van der Waals surface area contributed by atoms with Crippen LogP contribution in [0.3, 0.4) is 0 Å². The average Bonchev–Trinajstić information content (AvgIpc) is 3.01. The van der Waals surface area contributed by atoms with Gasteiger partial charge in [-0.15, -0.1) is 0 Å². The molecule has 88 valence electrons. The molecule has 2 unspecified atom stereocenters. The van der Waals surface area contributed by atoms with Crippen molar-refractivity contribution in [2.24, 2.45) is 0 Å². The Morgan fingerprint density at radius 1 is 1.38 bits per heavy atom. The fourth-order valence-corrected chi connectivity index (χ4v) is 3.73. The Morgan fingerprint density at radius 2 is 2.38 bits per heavy atom. The SMILES string of the molecule is c1nc(C2CCCNC2)oc1C1CCSC1. The Kier molecular flexibility index (Phi) is 3.20. The molecule has 3 heterocycles. The van der Waals surface area contributed by atoms with E-state index in [1.807, 2.05) is 18.0 Å². The van der Waals surface area contributed by atoms with E-state index < -0.39 is 0 Å². The maximum absolute atomic E-state index is 5.94. The van der Waals surface area contributed by atoms with Gasteiger partial charge in [0.15, 0.2) is 5.89 Å². The van der Waals surface area contributed by atoms with Gasteiger partial charge >= 0.3 is 0 Å². The van der Waals surface area contributed by atoms with Gasteiger partial charge in [-0.1, -0.05) is 0 Å². The molecule has 0 radical (unpaired) electrons. The summed E-state index contributed by atoms with van der Waals surface area (Å²) < 4.78 is 5.94. The third kappa shape index (κ3) is 2.13. The van der Waals surface area contributed by atoms with Gasteiger partial charge in [0.05, 0.1) is 6.20 Å². The predicted molar refractivity (Wildman–Crippen MR) is 66.0 cm³/mol. The van der Waals surface area contributed by atoms with Crippen LogP contribution in [0.4, 0.5) is 0 Å². The molecule has 3 rings (SSSR count). The normalized spacial score (nSPS) is 30.8. The zero-order valence-corrected chi connectivity index (χ0v) is 10.3. The van der Waals surface area contributed by atoms with Crippen LogP contribution < -0.4 is 5.32 Å². The Balaban J connectivity index is 1.71. The molecular weight excluding hydrogens is 220 g/mol. The highest BCUT2D eigenvalue weighted by Crippen LogP contribution is 2.34. The summed E-state index contributed by atoms with van der Waals surface area (Å²) in [6.45, 7) is 2.17. The Hall–Kier alpha value is -0.480. The van der Waals surface area contributed by atoms with Crippen molar-refractivity contribution in [2.45, 2.75) is 31.1 Å². The van der Waals surface area contributed by atoms with Crippen molar-refractivity contribution in [1.29, 1.82) is 0 Å². The third-order valence-corrected chi connectivity index (χ3v) is 4.68. The van der Waals surface area contributed by atoms with Crippen LogP contribution in [-0.4, -0.2) is 29.6 Å². The first-order chi connectivity index (χ1) is 7.93. The second kappa shape index (κ2) is 4.80. The zero-order valence-electron chi connectivity index (χ0n) is 9.45. The fraction of sp³-hybridized carbons (Fsp3) is 0.750. The number of rotatable bonds is 2. The topological polar surface area (TPSA) is 38.1 Å². The predicted octanol–water partition coefficient (Wildman–Crippen LogP) is 2.36. The largest absolute Gasteiger partial charge is 0.445 e. The summed E-state index contributed by atoms with van der Waals surface area (Å²) in [4.78, 5) is 4.47. The van der Waals surface area contributed by atoms with E-state index in [-0.39, 0.29) is 0 Å². The van der Waals surface area contributed by atoms with Crippen molar-refractivity contribution in [3.63, 3.8) is 0 Å². The van der Waals surface area contributed by atoms with Crippen LogP contribution in [0.25, 0.3) is 0 Å². The average molecular weight is 238 g/mol. The highest BCUT2D eigenvalue weighted by Gasteiger charge is 2.24. The fourth-order valence-electron chi connectivity index (χ4n) is 2.50. The van der Waals surface area contributed by atoms with Gasteiger partial charge in [0.25, 0.3) is 0 Å². The molecule has 3 nitrogen and oxygen atoms in total. The maximum atomic E-state index is 5.94. The van der Waals surface area contributed by atoms with Crippen molar-refractivity contribution in [2.75, 3.05) is 24.6 Å². The molecule has 2 fully saturated rings. The summed E-state index contributed by atoms with van der Waals surface area (Å²) in [5, 5.41) is 3.41. The Labute approximate surface area is 100 Å². The summed E-state index contributed by atoms with van der Waals surface area (Å²) in [6, 6.07) is 0. The quantitative estimate of drug-likeness (QED) is 0.858. The lowest BCUT2D eigenvalue weighted by atomic mass is 10.00. The van der Waals surface area contributed by atoms with Gasteiger partial charge < -0.3 is 9.73 Å². The maximum Gasteiger partial charge on any atom is 0.198 e. The molecule has 0 aromatic carbocycles. The standard InChI is InChI=1S/C12H18N2OS/c1-2-9(6-13-4-1)12-14-7-11(15-12)10-3-5-16-8-10/h7,9-10,13H,1-6,8H2. The molecule has 4 heteroatoms. The highest BCUT2D eigenvalue weighted by molar-refractivity contribution is 7.99. The van der Waals surface area contributed by atoms with Gasteiger partial charge in [-0.3, -0.25) is 0 Å². The lowest BCUT2D eigenvalue weighted by molar-refractivity contribution is 0.356. The number of piperidine rings is 1. The lowest BCUT2D eigenvalue weighted by Gasteiger charge is -2.19. The number of thioether (sulfide) groups is 1. The van der Waals surface area contributed by atoms with Gasteiger partial charge in [0, 0.05) is 24.1 Å². The molecule has 0 amide bonds. The minimum Gasteiger partial charge on any atom is -0.445 e. The van der Waals surface area contributed by atoms with Crippen molar-refractivity contribution in [3.05, 3.63) is 17.8 Å². The molecule has 1 aromatic rings. The minimum absolute atomic E-state index is 0.497.